The number of methoxy groups -OCH3 is 1. The summed E-state index contributed by atoms with van der Waals surface area (Å²) < 4.78 is 35.0. The van der Waals surface area contributed by atoms with Gasteiger partial charge in [-0.15, -0.1) is 0 Å². The summed E-state index contributed by atoms with van der Waals surface area (Å²) in [5.74, 6) is -0.0253. The molecule has 1 aliphatic rings. The van der Waals surface area contributed by atoms with Gasteiger partial charge in [-0.2, -0.15) is 9.30 Å². The number of thiazole rings is 1. The van der Waals surface area contributed by atoms with Crippen LogP contribution in [0.15, 0.2) is 52.4 Å². The molecular formula is C23H26N4O6S2. The Balaban J connectivity index is 1.64. The monoisotopic (exact) mass is 518 g/mol. The minimum Gasteiger partial charge on any atom is -0.383 e. The fraction of sp³-hybridized carbons (Fsp3) is 0.391. The van der Waals surface area contributed by atoms with Crippen molar-refractivity contribution in [1.29, 1.82) is 0 Å². The van der Waals surface area contributed by atoms with Gasteiger partial charge in [-0.05, 0) is 49.1 Å². The highest BCUT2D eigenvalue weighted by Crippen LogP contribution is 2.25. The molecular weight excluding hydrogens is 492 g/mol. The predicted molar refractivity (Wildman–Crippen MR) is 132 cm³/mol. The van der Waals surface area contributed by atoms with E-state index in [0.717, 1.165) is 17.5 Å². The molecule has 35 heavy (non-hydrogen) atoms. The number of hydrogen-bond acceptors (Lipinski definition) is 7. The molecule has 186 valence electrons. The number of rotatable bonds is 7. The van der Waals surface area contributed by atoms with E-state index < -0.39 is 20.9 Å². The van der Waals surface area contributed by atoms with Crippen LogP contribution < -0.4 is 4.80 Å². The third-order valence-corrected chi connectivity index (χ3v) is 9.05. The van der Waals surface area contributed by atoms with Crippen LogP contribution in [0.4, 0.5) is 5.69 Å². The first-order valence-electron chi connectivity index (χ1n) is 11.2. The van der Waals surface area contributed by atoms with Crippen molar-refractivity contribution in [1.82, 2.24) is 8.87 Å². The number of fused-ring (bicyclic) bond motifs is 1. The van der Waals surface area contributed by atoms with Gasteiger partial charge < -0.3 is 9.30 Å². The molecule has 2 heterocycles. The quantitative estimate of drug-likeness (QED) is 0.349. The second kappa shape index (κ2) is 10.4. The zero-order valence-corrected chi connectivity index (χ0v) is 21.0. The normalized spacial score (nSPS) is 16.1. The summed E-state index contributed by atoms with van der Waals surface area (Å²) in [5.41, 5.74) is 0.780. The van der Waals surface area contributed by atoms with Crippen molar-refractivity contribution in [2.24, 2.45) is 10.9 Å². The first-order chi connectivity index (χ1) is 16.7. The largest absolute Gasteiger partial charge is 0.383 e. The second-order valence-corrected chi connectivity index (χ2v) is 11.4. The SMILES string of the molecule is COCCn1c(=NC(=O)c2ccc(S(=O)(=O)N3CCC(C)CC3)cc2)sc2ccc([N+](=O)[O-])cc21. The lowest BCUT2D eigenvalue weighted by Gasteiger charge is -2.29. The molecule has 3 aromatic rings. The number of benzene rings is 2. The molecule has 10 nitrogen and oxygen atoms in total. The maximum atomic E-state index is 12.9. The van der Waals surface area contributed by atoms with Crippen LogP contribution in [0.25, 0.3) is 10.2 Å². The number of ether oxygens (including phenoxy) is 1. The van der Waals surface area contributed by atoms with Gasteiger partial charge in [-0.3, -0.25) is 14.9 Å². The van der Waals surface area contributed by atoms with Crippen molar-refractivity contribution in [3.05, 3.63) is 62.9 Å². The lowest BCUT2D eigenvalue weighted by atomic mass is 10.0. The highest BCUT2D eigenvalue weighted by Gasteiger charge is 2.28. The lowest BCUT2D eigenvalue weighted by Crippen LogP contribution is -2.37. The van der Waals surface area contributed by atoms with Crippen LogP contribution in [0.1, 0.15) is 30.1 Å². The van der Waals surface area contributed by atoms with Crippen LogP contribution in [0.5, 0.6) is 0 Å². The van der Waals surface area contributed by atoms with E-state index in [4.69, 9.17) is 4.74 Å². The summed E-state index contributed by atoms with van der Waals surface area (Å²) in [6.07, 6.45) is 1.66. The molecule has 1 amide bonds. The number of nitro benzene ring substituents is 1. The molecule has 0 spiro atoms. The molecule has 0 bridgehead atoms. The Hall–Kier alpha value is -2.93. The number of nitrogens with zero attached hydrogens (tertiary/aromatic N) is 4. The van der Waals surface area contributed by atoms with Crippen LogP contribution in [0, 0.1) is 16.0 Å². The third-order valence-electron chi connectivity index (χ3n) is 6.07. The van der Waals surface area contributed by atoms with E-state index in [9.17, 15) is 23.3 Å². The van der Waals surface area contributed by atoms with Crippen LogP contribution in [0.3, 0.4) is 0 Å². The highest BCUT2D eigenvalue weighted by molar-refractivity contribution is 7.89. The molecule has 12 heteroatoms. The summed E-state index contributed by atoms with van der Waals surface area (Å²) >= 11 is 1.24. The number of sulfonamides is 1. The number of aromatic nitrogens is 1. The Morgan fingerprint density at radius 3 is 2.51 bits per heavy atom. The van der Waals surface area contributed by atoms with Crippen LogP contribution in [-0.2, 0) is 21.3 Å². The number of hydrogen-bond donors (Lipinski definition) is 0. The van der Waals surface area contributed by atoms with Crippen molar-refractivity contribution in [3.8, 4) is 0 Å². The van der Waals surface area contributed by atoms with Gasteiger partial charge in [0.25, 0.3) is 11.6 Å². The summed E-state index contributed by atoms with van der Waals surface area (Å²) in [5, 5.41) is 11.2. The summed E-state index contributed by atoms with van der Waals surface area (Å²) in [4.78, 5) is 28.4. The van der Waals surface area contributed by atoms with E-state index in [2.05, 4.69) is 11.9 Å². The Morgan fingerprint density at radius 1 is 1.20 bits per heavy atom. The molecule has 1 fully saturated rings. The number of piperidine rings is 1. The van der Waals surface area contributed by atoms with E-state index in [1.54, 1.807) is 17.7 Å². The first-order valence-corrected chi connectivity index (χ1v) is 13.4. The van der Waals surface area contributed by atoms with Gasteiger partial charge in [-0.1, -0.05) is 18.3 Å². The molecule has 0 unspecified atom stereocenters. The highest BCUT2D eigenvalue weighted by atomic mass is 32.2. The fourth-order valence-electron chi connectivity index (χ4n) is 3.95. The van der Waals surface area contributed by atoms with E-state index in [1.165, 1.54) is 52.0 Å². The number of carbonyl (C=O) groups is 1. The minimum atomic E-state index is -3.61. The second-order valence-electron chi connectivity index (χ2n) is 8.47. The number of non-ortho nitro benzene ring substituents is 1. The summed E-state index contributed by atoms with van der Waals surface area (Å²) in [7, 11) is -2.07. The van der Waals surface area contributed by atoms with E-state index >= 15 is 0 Å². The van der Waals surface area contributed by atoms with Crippen molar-refractivity contribution < 1.29 is 22.9 Å². The van der Waals surface area contributed by atoms with Gasteiger partial charge in [0.05, 0.1) is 26.6 Å². The molecule has 1 saturated heterocycles. The standard InChI is InChI=1S/C23H26N4O6S2/c1-16-9-11-25(12-10-16)35(31,32)19-6-3-17(4-7-19)22(28)24-23-26(13-14-33-2)20-15-18(27(29)30)5-8-21(20)34-23/h3-8,15-16H,9-14H2,1-2H3. The van der Waals surface area contributed by atoms with E-state index in [0.29, 0.717) is 42.5 Å². The van der Waals surface area contributed by atoms with Crippen molar-refractivity contribution >= 4 is 43.2 Å². The molecule has 0 aliphatic carbocycles. The topological polar surface area (TPSA) is 124 Å². The molecule has 4 rings (SSSR count). The molecule has 0 saturated carbocycles. The molecule has 0 atom stereocenters. The third kappa shape index (κ3) is 5.35. The molecule has 1 aromatic heterocycles. The van der Waals surface area contributed by atoms with Gasteiger partial charge in [0, 0.05) is 44.4 Å². The molecule has 0 radical (unpaired) electrons. The minimum absolute atomic E-state index is 0.0562. The molecule has 2 aromatic carbocycles. The summed E-state index contributed by atoms with van der Waals surface area (Å²) in [6, 6.07) is 10.3. The number of nitro groups is 1. The van der Waals surface area contributed by atoms with Crippen LogP contribution in [-0.4, -0.2) is 54.9 Å². The molecule has 1 aliphatic heterocycles. The zero-order valence-electron chi connectivity index (χ0n) is 19.4. The lowest BCUT2D eigenvalue weighted by molar-refractivity contribution is -0.384. The van der Waals surface area contributed by atoms with Crippen molar-refractivity contribution in [2.45, 2.75) is 31.2 Å². The zero-order chi connectivity index (χ0) is 25.2. The first kappa shape index (κ1) is 25.2. The van der Waals surface area contributed by atoms with Crippen molar-refractivity contribution in [2.75, 3.05) is 26.8 Å². The number of carbonyl (C=O) groups excluding carboxylic acids is 1. The predicted octanol–water partition coefficient (Wildman–Crippen LogP) is 3.42. The van der Waals surface area contributed by atoms with Crippen molar-refractivity contribution in [3.63, 3.8) is 0 Å². The molecule has 0 N–H and O–H groups in total. The van der Waals surface area contributed by atoms with Gasteiger partial charge in [0.2, 0.25) is 10.0 Å². The van der Waals surface area contributed by atoms with E-state index in [-0.39, 0.29) is 16.1 Å². The Bertz CT molecular complexity index is 1420. The average Bonchev–Trinajstić information content (AvgIpc) is 3.18. The Kier molecular flexibility index (Phi) is 7.45. The number of amides is 1. The van der Waals surface area contributed by atoms with Crippen LogP contribution >= 0.6 is 11.3 Å². The van der Waals surface area contributed by atoms with Crippen LogP contribution in [0.2, 0.25) is 0 Å². The Labute approximate surface area is 206 Å². The van der Waals surface area contributed by atoms with Gasteiger partial charge in [-0.25, -0.2) is 8.42 Å². The summed E-state index contributed by atoms with van der Waals surface area (Å²) in [6.45, 7) is 3.79. The van der Waals surface area contributed by atoms with Gasteiger partial charge in [0.15, 0.2) is 4.80 Å². The maximum absolute atomic E-state index is 12.9. The average molecular weight is 519 g/mol. The maximum Gasteiger partial charge on any atom is 0.279 e. The fourth-order valence-corrected chi connectivity index (χ4v) is 6.45. The Morgan fingerprint density at radius 2 is 1.89 bits per heavy atom. The van der Waals surface area contributed by atoms with E-state index in [1.807, 2.05) is 0 Å². The van der Waals surface area contributed by atoms with Gasteiger partial charge >= 0.3 is 0 Å². The van der Waals surface area contributed by atoms with Gasteiger partial charge in [0.1, 0.15) is 0 Å². The smallest absolute Gasteiger partial charge is 0.279 e.